The van der Waals surface area contributed by atoms with Crippen LogP contribution < -0.4 is 10.6 Å². The van der Waals surface area contributed by atoms with Crippen molar-refractivity contribution in [3.63, 3.8) is 0 Å². The molecule has 0 unspecified atom stereocenters. The summed E-state index contributed by atoms with van der Waals surface area (Å²) >= 11 is 1.56. The summed E-state index contributed by atoms with van der Waals surface area (Å²) < 4.78 is 5.53. The second-order valence-electron chi connectivity index (χ2n) is 4.55. The van der Waals surface area contributed by atoms with E-state index in [-0.39, 0.29) is 18.2 Å². The van der Waals surface area contributed by atoms with E-state index in [0.29, 0.717) is 6.54 Å². The molecular weight excluding hydrogens is 250 g/mol. The van der Waals surface area contributed by atoms with Gasteiger partial charge in [0, 0.05) is 17.7 Å². The summed E-state index contributed by atoms with van der Waals surface area (Å²) in [5.74, 6) is 0. The lowest BCUT2D eigenvalue weighted by Crippen LogP contribution is -2.45. The predicted octanol–water partition coefficient (Wildman–Crippen LogP) is 1.82. The molecule has 2 atom stereocenters. The van der Waals surface area contributed by atoms with E-state index in [0.717, 1.165) is 30.2 Å². The summed E-state index contributed by atoms with van der Waals surface area (Å²) in [6.45, 7) is 5.20. The van der Waals surface area contributed by atoms with Crippen molar-refractivity contribution in [1.82, 2.24) is 15.6 Å². The number of rotatable bonds is 4. The highest BCUT2D eigenvalue weighted by Gasteiger charge is 2.23. The van der Waals surface area contributed by atoms with Gasteiger partial charge in [0.05, 0.1) is 18.7 Å². The van der Waals surface area contributed by atoms with E-state index in [2.05, 4.69) is 15.6 Å². The Morgan fingerprint density at radius 3 is 3.17 bits per heavy atom. The lowest BCUT2D eigenvalue weighted by Gasteiger charge is -2.20. The molecule has 1 saturated heterocycles. The summed E-state index contributed by atoms with van der Waals surface area (Å²) in [7, 11) is 0. The average Bonchev–Trinajstić information content (AvgIpc) is 2.97. The second kappa shape index (κ2) is 6.15. The van der Waals surface area contributed by atoms with Crippen molar-refractivity contribution < 1.29 is 9.53 Å². The minimum atomic E-state index is -0.161. The van der Waals surface area contributed by atoms with Gasteiger partial charge in [0.25, 0.3) is 0 Å². The average molecular weight is 269 g/mol. The summed E-state index contributed by atoms with van der Waals surface area (Å²) in [5.41, 5.74) is 0.991. The monoisotopic (exact) mass is 269 g/mol. The standard InChI is InChI=1S/C12H19N3O2S/c1-8-7-18-11(14-8)6-13-12(16)15-9(2)10-4-3-5-17-10/h7,9-10H,3-6H2,1-2H3,(H2,13,15,16)/t9-,10+/m1/s1. The van der Waals surface area contributed by atoms with Crippen LogP contribution in [0.1, 0.15) is 30.5 Å². The third-order valence-electron chi connectivity index (χ3n) is 2.95. The number of aromatic nitrogens is 1. The summed E-state index contributed by atoms with van der Waals surface area (Å²) in [4.78, 5) is 16.0. The number of urea groups is 1. The van der Waals surface area contributed by atoms with Crippen molar-refractivity contribution >= 4 is 17.4 Å². The zero-order valence-corrected chi connectivity index (χ0v) is 11.5. The molecule has 0 aromatic carbocycles. The largest absolute Gasteiger partial charge is 0.376 e. The molecule has 0 bridgehead atoms. The van der Waals surface area contributed by atoms with Gasteiger partial charge >= 0.3 is 6.03 Å². The fourth-order valence-corrected chi connectivity index (χ4v) is 2.70. The van der Waals surface area contributed by atoms with E-state index < -0.39 is 0 Å². The number of amides is 2. The van der Waals surface area contributed by atoms with Crippen molar-refractivity contribution in [2.45, 2.75) is 45.4 Å². The smallest absolute Gasteiger partial charge is 0.315 e. The first kappa shape index (κ1) is 13.3. The SMILES string of the molecule is Cc1csc(CNC(=O)N[C@H](C)[C@@H]2CCCO2)n1. The number of carbonyl (C=O) groups is 1. The molecule has 100 valence electrons. The van der Waals surface area contributed by atoms with Crippen LogP contribution in [-0.2, 0) is 11.3 Å². The van der Waals surface area contributed by atoms with Crippen molar-refractivity contribution in [3.05, 3.63) is 16.1 Å². The number of nitrogens with one attached hydrogen (secondary N) is 2. The lowest BCUT2D eigenvalue weighted by atomic mass is 10.1. The van der Waals surface area contributed by atoms with Crippen LogP contribution in [0.3, 0.4) is 0 Å². The van der Waals surface area contributed by atoms with Crippen LogP contribution in [0.25, 0.3) is 0 Å². The molecule has 1 aliphatic rings. The zero-order chi connectivity index (χ0) is 13.0. The predicted molar refractivity (Wildman–Crippen MR) is 70.7 cm³/mol. The van der Waals surface area contributed by atoms with Gasteiger partial charge in [-0.1, -0.05) is 0 Å². The van der Waals surface area contributed by atoms with Crippen LogP contribution in [0.15, 0.2) is 5.38 Å². The van der Waals surface area contributed by atoms with Crippen molar-refractivity contribution in [2.24, 2.45) is 0 Å². The minimum Gasteiger partial charge on any atom is -0.376 e. The van der Waals surface area contributed by atoms with Crippen molar-refractivity contribution in [2.75, 3.05) is 6.61 Å². The Kier molecular flexibility index (Phi) is 4.54. The fourth-order valence-electron chi connectivity index (χ4n) is 1.99. The normalized spacial score (nSPS) is 20.7. The molecule has 1 aliphatic heterocycles. The third-order valence-corrected chi connectivity index (χ3v) is 3.91. The van der Waals surface area contributed by atoms with Gasteiger partial charge in [-0.15, -0.1) is 11.3 Å². The van der Waals surface area contributed by atoms with Crippen LogP contribution in [0, 0.1) is 6.92 Å². The number of ether oxygens (including phenoxy) is 1. The van der Waals surface area contributed by atoms with Gasteiger partial charge in [-0.25, -0.2) is 9.78 Å². The summed E-state index contributed by atoms with van der Waals surface area (Å²) in [6, 6.07) is -0.114. The molecule has 5 nitrogen and oxygen atoms in total. The Bertz CT molecular complexity index is 402. The molecule has 0 saturated carbocycles. The molecular formula is C12H19N3O2S. The molecule has 1 aromatic heterocycles. The van der Waals surface area contributed by atoms with E-state index >= 15 is 0 Å². The van der Waals surface area contributed by atoms with E-state index in [1.54, 1.807) is 11.3 Å². The fraction of sp³-hybridized carbons (Fsp3) is 0.667. The van der Waals surface area contributed by atoms with E-state index in [1.807, 2.05) is 19.2 Å². The first-order valence-electron chi connectivity index (χ1n) is 6.22. The van der Waals surface area contributed by atoms with Gasteiger partial charge in [-0.2, -0.15) is 0 Å². The molecule has 2 N–H and O–H groups in total. The van der Waals surface area contributed by atoms with Crippen LogP contribution in [-0.4, -0.2) is 29.8 Å². The maximum absolute atomic E-state index is 11.7. The number of aryl methyl sites for hydroxylation is 1. The Balaban J connectivity index is 1.71. The number of carbonyl (C=O) groups excluding carboxylic acids is 1. The zero-order valence-electron chi connectivity index (χ0n) is 10.7. The highest BCUT2D eigenvalue weighted by molar-refractivity contribution is 7.09. The van der Waals surface area contributed by atoms with Crippen LogP contribution >= 0.6 is 11.3 Å². The highest BCUT2D eigenvalue weighted by Crippen LogP contribution is 2.15. The second-order valence-corrected chi connectivity index (χ2v) is 5.49. The number of hydrogen-bond acceptors (Lipinski definition) is 4. The first-order chi connectivity index (χ1) is 8.65. The maximum atomic E-state index is 11.7. The van der Waals surface area contributed by atoms with Gasteiger partial charge in [0.15, 0.2) is 0 Å². The van der Waals surface area contributed by atoms with Crippen molar-refractivity contribution in [1.29, 1.82) is 0 Å². The van der Waals surface area contributed by atoms with E-state index in [1.165, 1.54) is 0 Å². The molecule has 2 amide bonds. The van der Waals surface area contributed by atoms with Crippen LogP contribution in [0.4, 0.5) is 4.79 Å². The summed E-state index contributed by atoms with van der Waals surface area (Å²) in [5, 5.41) is 8.61. The Morgan fingerprint density at radius 2 is 2.56 bits per heavy atom. The highest BCUT2D eigenvalue weighted by atomic mass is 32.1. The topological polar surface area (TPSA) is 63.2 Å². The molecule has 18 heavy (non-hydrogen) atoms. The minimum absolute atomic E-state index is 0.0468. The number of hydrogen-bond donors (Lipinski definition) is 2. The van der Waals surface area contributed by atoms with Crippen molar-refractivity contribution in [3.8, 4) is 0 Å². The molecule has 0 radical (unpaired) electrons. The molecule has 1 aromatic rings. The van der Waals surface area contributed by atoms with Gasteiger partial charge in [-0.05, 0) is 26.7 Å². The van der Waals surface area contributed by atoms with Gasteiger partial charge < -0.3 is 15.4 Å². The quantitative estimate of drug-likeness (QED) is 0.876. The van der Waals surface area contributed by atoms with E-state index in [4.69, 9.17) is 4.74 Å². The molecule has 1 fully saturated rings. The Morgan fingerprint density at radius 1 is 1.72 bits per heavy atom. The maximum Gasteiger partial charge on any atom is 0.315 e. The molecule has 2 heterocycles. The lowest BCUT2D eigenvalue weighted by molar-refractivity contribution is 0.0860. The summed E-state index contributed by atoms with van der Waals surface area (Å²) in [6.07, 6.45) is 2.25. The van der Waals surface area contributed by atoms with E-state index in [9.17, 15) is 4.79 Å². The molecule has 0 aliphatic carbocycles. The van der Waals surface area contributed by atoms with Gasteiger partial charge in [-0.3, -0.25) is 0 Å². The Labute approximate surface area is 111 Å². The molecule has 6 heteroatoms. The van der Waals surface area contributed by atoms with Gasteiger partial charge in [0.1, 0.15) is 5.01 Å². The number of nitrogens with zero attached hydrogens (tertiary/aromatic N) is 1. The number of thiazole rings is 1. The van der Waals surface area contributed by atoms with Crippen LogP contribution in [0.2, 0.25) is 0 Å². The first-order valence-corrected chi connectivity index (χ1v) is 7.10. The van der Waals surface area contributed by atoms with Crippen LogP contribution in [0.5, 0.6) is 0 Å². The third kappa shape index (κ3) is 3.68. The molecule has 2 rings (SSSR count). The Hall–Kier alpha value is -1.14. The molecule has 0 spiro atoms. The van der Waals surface area contributed by atoms with Gasteiger partial charge in [0.2, 0.25) is 0 Å².